The molecule has 1 heterocycles. The van der Waals surface area contributed by atoms with Gasteiger partial charge in [-0.3, -0.25) is 9.88 Å². The lowest BCUT2D eigenvalue weighted by Gasteiger charge is -2.25. The van der Waals surface area contributed by atoms with Crippen molar-refractivity contribution in [3.8, 4) is 0 Å². The molecule has 0 aliphatic heterocycles. The average Bonchev–Trinajstić information content (AvgIpc) is 2.56. The molecule has 1 unspecified atom stereocenters. The van der Waals surface area contributed by atoms with Crippen molar-refractivity contribution in [2.75, 3.05) is 13.2 Å². The van der Waals surface area contributed by atoms with Gasteiger partial charge in [-0.15, -0.1) is 0 Å². The average molecular weight is 298 g/mol. The Labute approximate surface area is 133 Å². The van der Waals surface area contributed by atoms with Crippen molar-refractivity contribution in [2.45, 2.75) is 33.4 Å². The van der Waals surface area contributed by atoms with E-state index in [2.05, 4.69) is 60.1 Å². The minimum Gasteiger partial charge on any atom is -0.396 e. The number of aryl methyl sites for hydroxylation is 1. The van der Waals surface area contributed by atoms with Crippen molar-refractivity contribution >= 4 is 0 Å². The molecule has 0 amide bonds. The summed E-state index contributed by atoms with van der Waals surface area (Å²) in [7, 11) is 0. The number of hydrogen-bond donors (Lipinski definition) is 1. The third kappa shape index (κ3) is 5.24. The molecule has 0 saturated carbocycles. The number of aliphatic hydroxyl groups excluding tert-OH is 1. The predicted molar refractivity (Wildman–Crippen MR) is 90.4 cm³/mol. The molecule has 3 heteroatoms. The zero-order valence-corrected chi connectivity index (χ0v) is 13.6. The molecule has 2 rings (SSSR count). The first-order valence-electron chi connectivity index (χ1n) is 8.02. The van der Waals surface area contributed by atoms with Crippen LogP contribution >= 0.6 is 0 Å². The van der Waals surface area contributed by atoms with Gasteiger partial charge in [0.25, 0.3) is 0 Å². The molecule has 2 aromatic rings. The molecule has 0 radical (unpaired) electrons. The number of pyridine rings is 1. The van der Waals surface area contributed by atoms with Crippen LogP contribution in [0.1, 0.15) is 30.7 Å². The molecule has 0 spiro atoms. The minimum atomic E-state index is 0.216. The Morgan fingerprint density at radius 1 is 1.05 bits per heavy atom. The maximum atomic E-state index is 9.34. The van der Waals surface area contributed by atoms with Crippen LogP contribution in [0.5, 0.6) is 0 Å². The van der Waals surface area contributed by atoms with E-state index < -0.39 is 0 Å². The third-order valence-electron chi connectivity index (χ3n) is 3.81. The molecule has 118 valence electrons. The highest BCUT2D eigenvalue weighted by atomic mass is 16.3. The first kappa shape index (κ1) is 16.7. The summed E-state index contributed by atoms with van der Waals surface area (Å²) >= 11 is 0. The van der Waals surface area contributed by atoms with Crippen LogP contribution in [0.3, 0.4) is 0 Å². The highest BCUT2D eigenvalue weighted by molar-refractivity contribution is 5.16. The SMILES string of the molecule is CCc1ccc(CN(Cc2ccccc2)CC(C)CO)nc1. The summed E-state index contributed by atoms with van der Waals surface area (Å²) in [5, 5.41) is 9.34. The molecule has 0 saturated heterocycles. The van der Waals surface area contributed by atoms with E-state index in [1.165, 1.54) is 11.1 Å². The summed E-state index contributed by atoms with van der Waals surface area (Å²) in [6.45, 7) is 6.98. The Morgan fingerprint density at radius 2 is 1.82 bits per heavy atom. The van der Waals surface area contributed by atoms with Gasteiger partial charge in [-0.2, -0.15) is 0 Å². The Kier molecular flexibility index (Phi) is 6.56. The highest BCUT2D eigenvalue weighted by Gasteiger charge is 2.12. The van der Waals surface area contributed by atoms with E-state index in [0.29, 0.717) is 0 Å². The molecule has 1 aromatic carbocycles. The molecule has 3 nitrogen and oxygen atoms in total. The maximum absolute atomic E-state index is 9.34. The van der Waals surface area contributed by atoms with Crippen LogP contribution in [0.15, 0.2) is 48.7 Å². The van der Waals surface area contributed by atoms with Crippen LogP contribution < -0.4 is 0 Å². The molecular formula is C19H26N2O. The number of nitrogens with zero attached hydrogens (tertiary/aromatic N) is 2. The number of benzene rings is 1. The van der Waals surface area contributed by atoms with Gasteiger partial charge in [-0.05, 0) is 29.5 Å². The normalized spacial score (nSPS) is 12.5. The first-order chi connectivity index (χ1) is 10.7. The molecule has 1 atom stereocenters. The molecule has 1 aromatic heterocycles. The van der Waals surface area contributed by atoms with Crippen LogP contribution in [0.4, 0.5) is 0 Å². The lowest BCUT2D eigenvalue weighted by molar-refractivity contribution is 0.162. The second-order valence-corrected chi connectivity index (χ2v) is 5.95. The Hall–Kier alpha value is -1.71. The lowest BCUT2D eigenvalue weighted by Crippen LogP contribution is -2.29. The molecule has 0 fully saturated rings. The van der Waals surface area contributed by atoms with E-state index in [4.69, 9.17) is 0 Å². The Bertz CT molecular complexity index is 539. The van der Waals surface area contributed by atoms with E-state index >= 15 is 0 Å². The fourth-order valence-electron chi connectivity index (χ4n) is 2.51. The zero-order valence-electron chi connectivity index (χ0n) is 13.6. The Morgan fingerprint density at radius 3 is 2.41 bits per heavy atom. The largest absolute Gasteiger partial charge is 0.396 e. The second kappa shape index (κ2) is 8.66. The van der Waals surface area contributed by atoms with Crippen molar-refractivity contribution in [3.63, 3.8) is 0 Å². The van der Waals surface area contributed by atoms with Gasteiger partial charge in [0.05, 0.1) is 5.69 Å². The topological polar surface area (TPSA) is 36.4 Å². The van der Waals surface area contributed by atoms with Crippen molar-refractivity contribution in [1.29, 1.82) is 0 Å². The summed E-state index contributed by atoms with van der Waals surface area (Å²) < 4.78 is 0. The maximum Gasteiger partial charge on any atom is 0.0544 e. The monoisotopic (exact) mass is 298 g/mol. The standard InChI is InChI=1S/C19H26N2O/c1-3-17-9-10-19(20-11-17)14-21(12-16(2)15-22)13-18-7-5-4-6-8-18/h4-11,16,22H,3,12-15H2,1-2H3. The van der Waals surface area contributed by atoms with Gasteiger partial charge in [0.15, 0.2) is 0 Å². The predicted octanol–water partition coefficient (Wildman–Crippen LogP) is 3.27. The van der Waals surface area contributed by atoms with Crippen molar-refractivity contribution in [1.82, 2.24) is 9.88 Å². The van der Waals surface area contributed by atoms with Gasteiger partial charge in [0.1, 0.15) is 0 Å². The van der Waals surface area contributed by atoms with E-state index in [1.54, 1.807) is 0 Å². The summed E-state index contributed by atoms with van der Waals surface area (Å²) in [6.07, 6.45) is 2.98. The van der Waals surface area contributed by atoms with Gasteiger partial charge in [0, 0.05) is 32.4 Å². The smallest absolute Gasteiger partial charge is 0.0544 e. The van der Waals surface area contributed by atoms with E-state index in [1.807, 2.05) is 12.3 Å². The number of aliphatic hydroxyl groups is 1. The van der Waals surface area contributed by atoms with Crippen molar-refractivity contribution in [3.05, 3.63) is 65.5 Å². The van der Waals surface area contributed by atoms with E-state index in [-0.39, 0.29) is 12.5 Å². The van der Waals surface area contributed by atoms with Crippen LogP contribution in [0.25, 0.3) is 0 Å². The molecule has 0 aliphatic rings. The van der Waals surface area contributed by atoms with Crippen molar-refractivity contribution in [2.24, 2.45) is 5.92 Å². The van der Waals surface area contributed by atoms with Gasteiger partial charge in [-0.1, -0.05) is 50.2 Å². The van der Waals surface area contributed by atoms with E-state index in [0.717, 1.165) is 31.7 Å². The Balaban J connectivity index is 2.05. The van der Waals surface area contributed by atoms with Gasteiger partial charge in [0.2, 0.25) is 0 Å². The van der Waals surface area contributed by atoms with Crippen LogP contribution in [-0.4, -0.2) is 28.1 Å². The molecular weight excluding hydrogens is 272 g/mol. The molecule has 1 N–H and O–H groups in total. The summed E-state index contributed by atoms with van der Waals surface area (Å²) in [5.41, 5.74) is 3.64. The highest BCUT2D eigenvalue weighted by Crippen LogP contribution is 2.12. The quantitative estimate of drug-likeness (QED) is 0.812. The lowest BCUT2D eigenvalue weighted by atomic mass is 10.1. The molecule has 0 bridgehead atoms. The summed E-state index contributed by atoms with van der Waals surface area (Å²) in [4.78, 5) is 6.91. The molecule has 0 aliphatic carbocycles. The van der Waals surface area contributed by atoms with E-state index in [9.17, 15) is 5.11 Å². The van der Waals surface area contributed by atoms with Crippen LogP contribution in [0.2, 0.25) is 0 Å². The minimum absolute atomic E-state index is 0.216. The fraction of sp³-hybridized carbons (Fsp3) is 0.421. The number of rotatable bonds is 8. The van der Waals surface area contributed by atoms with Gasteiger partial charge in [-0.25, -0.2) is 0 Å². The second-order valence-electron chi connectivity index (χ2n) is 5.95. The summed E-state index contributed by atoms with van der Waals surface area (Å²) in [5.74, 6) is 0.263. The van der Waals surface area contributed by atoms with Crippen molar-refractivity contribution < 1.29 is 5.11 Å². The van der Waals surface area contributed by atoms with Gasteiger partial charge < -0.3 is 5.11 Å². The van der Waals surface area contributed by atoms with Crippen LogP contribution in [-0.2, 0) is 19.5 Å². The third-order valence-corrected chi connectivity index (χ3v) is 3.81. The van der Waals surface area contributed by atoms with Crippen LogP contribution in [0, 0.1) is 5.92 Å². The first-order valence-corrected chi connectivity index (χ1v) is 8.02. The number of hydrogen-bond acceptors (Lipinski definition) is 3. The number of aromatic nitrogens is 1. The zero-order chi connectivity index (χ0) is 15.8. The fourth-order valence-corrected chi connectivity index (χ4v) is 2.51. The molecule has 22 heavy (non-hydrogen) atoms. The summed E-state index contributed by atoms with van der Waals surface area (Å²) in [6, 6.07) is 14.7. The van der Waals surface area contributed by atoms with Gasteiger partial charge >= 0.3 is 0 Å².